The summed E-state index contributed by atoms with van der Waals surface area (Å²) in [6.45, 7) is 13.8. The second kappa shape index (κ2) is 6.00. The number of benzene rings is 2. The summed E-state index contributed by atoms with van der Waals surface area (Å²) in [6.07, 6.45) is 2.05. The van der Waals surface area contributed by atoms with Gasteiger partial charge in [-0.05, 0) is 24.5 Å². The molecule has 4 rings (SSSR count). The first-order valence-corrected chi connectivity index (χ1v) is 8.84. The molecule has 26 heavy (non-hydrogen) atoms. The second-order valence-corrected chi connectivity index (χ2v) is 7.07. The standard InChI is InChI=1S/C23H21N2O/c1-14(2)20-18(24-4)12-11-17-16-10-9-15(3)21(23(16)26-22(17)20)19-8-6-7-13-25(19)5/h6-14H,1-3,5H3/q+1. The van der Waals surface area contributed by atoms with Gasteiger partial charge in [0, 0.05) is 28.5 Å². The van der Waals surface area contributed by atoms with Gasteiger partial charge in [0.05, 0.1) is 12.1 Å². The number of rotatable bonds is 2. The molecule has 2 heterocycles. The molecule has 4 aromatic rings. The van der Waals surface area contributed by atoms with Gasteiger partial charge in [-0.15, -0.1) is 0 Å². The molecular weight excluding hydrogens is 320 g/mol. The van der Waals surface area contributed by atoms with Crippen molar-refractivity contribution in [3.8, 4) is 11.3 Å². The summed E-state index contributed by atoms with van der Waals surface area (Å²) < 4.78 is 8.57. The third kappa shape index (κ3) is 2.30. The average molecular weight is 341 g/mol. The van der Waals surface area contributed by atoms with Crippen LogP contribution in [0.2, 0.25) is 0 Å². The van der Waals surface area contributed by atoms with Crippen LogP contribution in [0, 0.1) is 13.5 Å². The Kier molecular flexibility index (Phi) is 3.77. The van der Waals surface area contributed by atoms with Crippen LogP contribution in [0.4, 0.5) is 5.69 Å². The predicted molar refractivity (Wildman–Crippen MR) is 105 cm³/mol. The molecule has 0 aliphatic heterocycles. The molecule has 2 aromatic carbocycles. The van der Waals surface area contributed by atoms with E-state index in [9.17, 15) is 0 Å². The van der Waals surface area contributed by atoms with Gasteiger partial charge in [0.25, 0.3) is 0 Å². The number of fused-ring (bicyclic) bond motifs is 3. The molecule has 3 nitrogen and oxygen atoms in total. The molecule has 0 saturated heterocycles. The maximum atomic E-state index is 7.51. The van der Waals surface area contributed by atoms with E-state index < -0.39 is 0 Å². The van der Waals surface area contributed by atoms with Gasteiger partial charge in [-0.25, -0.2) is 9.41 Å². The smallest absolute Gasteiger partial charge is 0.216 e. The summed E-state index contributed by atoms with van der Waals surface area (Å²) in [5.74, 6) is 0.223. The molecular formula is C23H21N2O+. The highest BCUT2D eigenvalue weighted by Gasteiger charge is 2.22. The quantitative estimate of drug-likeness (QED) is 0.321. The highest BCUT2D eigenvalue weighted by Crippen LogP contribution is 2.42. The maximum absolute atomic E-state index is 7.51. The predicted octanol–water partition coefficient (Wildman–Crippen LogP) is 6.06. The molecule has 0 unspecified atom stereocenters. The van der Waals surface area contributed by atoms with Gasteiger partial charge in [-0.2, -0.15) is 0 Å². The minimum absolute atomic E-state index is 0.223. The fraction of sp³-hybridized carbons (Fsp3) is 0.217. The molecule has 0 N–H and O–H groups in total. The third-order valence-corrected chi connectivity index (χ3v) is 5.04. The summed E-state index contributed by atoms with van der Waals surface area (Å²) in [6, 6.07) is 14.4. The first-order valence-electron chi connectivity index (χ1n) is 8.84. The molecule has 0 saturated carbocycles. The zero-order valence-electron chi connectivity index (χ0n) is 15.5. The molecule has 3 heteroatoms. The van der Waals surface area contributed by atoms with Crippen molar-refractivity contribution >= 4 is 27.6 Å². The molecule has 2 aromatic heterocycles. The Labute approximate surface area is 153 Å². The summed E-state index contributed by atoms with van der Waals surface area (Å²) in [7, 11) is 2.05. The van der Waals surface area contributed by atoms with Crippen LogP contribution in [0.5, 0.6) is 0 Å². The third-order valence-electron chi connectivity index (χ3n) is 5.04. The Morgan fingerprint density at radius 2 is 1.73 bits per heavy atom. The van der Waals surface area contributed by atoms with E-state index in [1.807, 2.05) is 37.5 Å². The van der Waals surface area contributed by atoms with Crippen LogP contribution in [0.25, 0.3) is 38.0 Å². The van der Waals surface area contributed by atoms with E-state index in [1.165, 1.54) is 5.56 Å². The number of nitrogens with zero attached hydrogens (tertiary/aromatic N) is 2. The lowest BCUT2D eigenvalue weighted by atomic mass is 9.97. The van der Waals surface area contributed by atoms with E-state index >= 15 is 0 Å². The minimum Gasteiger partial charge on any atom is -0.456 e. The van der Waals surface area contributed by atoms with Crippen LogP contribution in [-0.4, -0.2) is 0 Å². The van der Waals surface area contributed by atoms with Crippen molar-refractivity contribution in [2.45, 2.75) is 26.7 Å². The molecule has 128 valence electrons. The van der Waals surface area contributed by atoms with E-state index in [2.05, 4.69) is 48.4 Å². The highest BCUT2D eigenvalue weighted by atomic mass is 16.3. The summed E-state index contributed by atoms with van der Waals surface area (Å²) >= 11 is 0. The Morgan fingerprint density at radius 3 is 2.42 bits per heavy atom. The summed E-state index contributed by atoms with van der Waals surface area (Å²) in [4.78, 5) is 3.71. The van der Waals surface area contributed by atoms with Crippen LogP contribution in [0.1, 0.15) is 30.9 Å². The lowest BCUT2D eigenvalue weighted by molar-refractivity contribution is -0.660. The molecule has 0 aliphatic carbocycles. The maximum Gasteiger partial charge on any atom is 0.216 e. The van der Waals surface area contributed by atoms with Crippen molar-refractivity contribution in [3.63, 3.8) is 0 Å². The number of pyridine rings is 1. The Hall–Kier alpha value is -3.12. The first kappa shape index (κ1) is 16.4. The van der Waals surface area contributed by atoms with Gasteiger partial charge in [0.1, 0.15) is 18.2 Å². The fourth-order valence-electron chi connectivity index (χ4n) is 3.77. The lowest BCUT2D eigenvalue weighted by Crippen LogP contribution is -2.30. The highest BCUT2D eigenvalue weighted by molar-refractivity contribution is 6.11. The molecule has 0 radical (unpaired) electrons. The lowest BCUT2D eigenvalue weighted by Gasteiger charge is -2.08. The van der Waals surface area contributed by atoms with Crippen molar-refractivity contribution in [1.82, 2.24) is 0 Å². The van der Waals surface area contributed by atoms with E-state index in [-0.39, 0.29) is 5.92 Å². The van der Waals surface area contributed by atoms with Gasteiger partial charge >= 0.3 is 0 Å². The summed E-state index contributed by atoms with van der Waals surface area (Å²) in [5, 5.41) is 2.18. The van der Waals surface area contributed by atoms with Crippen molar-refractivity contribution in [2.24, 2.45) is 7.05 Å². The van der Waals surface area contributed by atoms with Crippen molar-refractivity contribution < 1.29 is 8.98 Å². The Bertz CT molecular complexity index is 1190. The van der Waals surface area contributed by atoms with E-state index in [4.69, 9.17) is 11.0 Å². The molecule has 0 atom stereocenters. The normalized spacial score (nSPS) is 11.4. The van der Waals surface area contributed by atoms with E-state index in [0.29, 0.717) is 5.69 Å². The molecule has 0 amide bonds. The number of hydrogen-bond acceptors (Lipinski definition) is 1. The number of furan rings is 1. The number of aromatic nitrogens is 1. The molecule has 0 bridgehead atoms. The number of aryl methyl sites for hydroxylation is 2. The van der Waals surface area contributed by atoms with Gasteiger partial charge in [0.15, 0.2) is 11.9 Å². The minimum atomic E-state index is 0.223. The van der Waals surface area contributed by atoms with Crippen LogP contribution >= 0.6 is 0 Å². The zero-order valence-corrected chi connectivity index (χ0v) is 15.5. The fourth-order valence-corrected chi connectivity index (χ4v) is 3.77. The van der Waals surface area contributed by atoms with Crippen LogP contribution in [-0.2, 0) is 7.05 Å². The molecule has 0 aliphatic rings. The van der Waals surface area contributed by atoms with Gasteiger partial charge in [-0.3, -0.25) is 0 Å². The largest absolute Gasteiger partial charge is 0.456 e. The van der Waals surface area contributed by atoms with Crippen molar-refractivity contribution in [2.75, 3.05) is 0 Å². The first-order chi connectivity index (χ1) is 12.5. The van der Waals surface area contributed by atoms with Crippen LogP contribution in [0.3, 0.4) is 0 Å². The molecule has 0 fully saturated rings. The Balaban J connectivity index is 2.18. The van der Waals surface area contributed by atoms with Crippen LogP contribution in [0.15, 0.2) is 53.1 Å². The second-order valence-electron chi connectivity index (χ2n) is 7.07. The topological polar surface area (TPSA) is 21.4 Å². The Morgan fingerprint density at radius 1 is 1.00 bits per heavy atom. The van der Waals surface area contributed by atoms with Gasteiger partial charge in [-0.1, -0.05) is 38.1 Å². The zero-order chi connectivity index (χ0) is 18.4. The van der Waals surface area contributed by atoms with E-state index in [1.54, 1.807) is 0 Å². The number of hydrogen-bond donors (Lipinski definition) is 0. The van der Waals surface area contributed by atoms with Crippen LogP contribution < -0.4 is 4.57 Å². The molecule has 0 spiro atoms. The summed E-state index contributed by atoms with van der Waals surface area (Å²) in [5.41, 5.74) is 6.81. The van der Waals surface area contributed by atoms with Gasteiger partial charge < -0.3 is 4.42 Å². The van der Waals surface area contributed by atoms with Crippen molar-refractivity contribution in [1.29, 1.82) is 0 Å². The SMILES string of the molecule is [C-]#[N+]c1ccc2c(oc3c(-c4cccc[n+]4C)c(C)ccc32)c1C(C)C. The van der Waals surface area contributed by atoms with Crippen molar-refractivity contribution in [3.05, 3.63) is 71.2 Å². The monoisotopic (exact) mass is 341 g/mol. The van der Waals surface area contributed by atoms with Gasteiger partial charge in [0.2, 0.25) is 5.69 Å². The average Bonchev–Trinajstić information content (AvgIpc) is 2.99. The van der Waals surface area contributed by atoms with E-state index in [0.717, 1.165) is 38.8 Å².